The van der Waals surface area contributed by atoms with E-state index in [1.54, 1.807) is 12.3 Å². The Morgan fingerprint density at radius 1 is 1.19 bits per heavy atom. The Morgan fingerprint density at radius 3 is 2.38 bits per heavy atom. The Balaban J connectivity index is 2.53. The van der Waals surface area contributed by atoms with Gasteiger partial charge in [0.2, 0.25) is 0 Å². The number of amides is 2. The van der Waals surface area contributed by atoms with Crippen molar-refractivity contribution in [2.24, 2.45) is 5.41 Å². The molecule has 1 aromatic carbocycles. The molecule has 0 aliphatic heterocycles. The maximum atomic E-state index is 11.9. The SMILES string of the molecule is CC(C)(C)CC(C)(C)NC(=O)N/C=C/c1ccccc1Cl. The highest BCUT2D eigenvalue weighted by Gasteiger charge is 2.26. The molecule has 0 aliphatic rings. The van der Waals surface area contributed by atoms with Gasteiger partial charge in [-0.3, -0.25) is 0 Å². The monoisotopic (exact) mass is 308 g/mol. The molecule has 0 saturated carbocycles. The Bertz CT molecular complexity index is 516. The van der Waals surface area contributed by atoms with Crippen LogP contribution in [0.25, 0.3) is 6.08 Å². The largest absolute Gasteiger partial charge is 0.333 e. The van der Waals surface area contributed by atoms with E-state index in [1.165, 1.54) is 0 Å². The van der Waals surface area contributed by atoms with E-state index in [0.717, 1.165) is 12.0 Å². The lowest BCUT2D eigenvalue weighted by atomic mass is 9.82. The van der Waals surface area contributed by atoms with Crippen molar-refractivity contribution in [1.82, 2.24) is 10.6 Å². The fourth-order valence-corrected chi connectivity index (χ4v) is 2.73. The average molecular weight is 309 g/mol. The molecule has 21 heavy (non-hydrogen) atoms. The van der Waals surface area contributed by atoms with Gasteiger partial charge in [0.1, 0.15) is 0 Å². The number of carbonyl (C=O) groups excluding carboxylic acids is 1. The van der Waals surface area contributed by atoms with E-state index in [9.17, 15) is 4.79 Å². The summed E-state index contributed by atoms with van der Waals surface area (Å²) in [5, 5.41) is 6.35. The number of carbonyl (C=O) groups is 1. The van der Waals surface area contributed by atoms with Gasteiger partial charge in [0.15, 0.2) is 0 Å². The van der Waals surface area contributed by atoms with Crippen LogP contribution < -0.4 is 10.6 Å². The molecule has 0 unspecified atom stereocenters. The molecule has 0 heterocycles. The molecule has 0 fully saturated rings. The van der Waals surface area contributed by atoms with Gasteiger partial charge in [-0.1, -0.05) is 50.6 Å². The lowest BCUT2D eigenvalue weighted by molar-refractivity contribution is 0.213. The molecule has 0 atom stereocenters. The first kappa shape index (κ1) is 17.6. The van der Waals surface area contributed by atoms with E-state index in [4.69, 9.17) is 11.6 Å². The molecule has 116 valence electrons. The minimum absolute atomic E-state index is 0.157. The normalized spacial score (nSPS) is 12.5. The standard InChI is InChI=1S/C17H25ClN2O/c1-16(2,3)12-17(4,5)20-15(21)19-11-10-13-8-6-7-9-14(13)18/h6-11H,12H2,1-5H3,(H2,19,20,21)/b11-10+. The number of nitrogens with one attached hydrogen (secondary N) is 2. The molecule has 0 aromatic heterocycles. The van der Waals surface area contributed by atoms with E-state index in [-0.39, 0.29) is 17.0 Å². The van der Waals surface area contributed by atoms with Gasteiger partial charge in [0.05, 0.1) is 0 Å². The van der Waals surface area contributed by atoms with Gasteiger partial charge in [-0.25, -0.2) is 4.79 Å². The lowest BCUT2D eigenvalue weighted by Gasteiger charge is -2.33. The van der Waals surface area contributed by atoms with E-state index in [0.29, 0.717) is 5.02 Å². The maximum absolute atomic E-state index is 11.9. The Morgan fingerprint density at radius 2 is 1.81 bits per heavy atom. The number of halogens is 1. The van der Waals surface area contributed by atoms with Crippen LogP contribution in [-0.4, -0.2) is 11.6 Å². The summed E-state index contributed by atoms with van der Waals surface area (Å²) < 4.78 is 0. The quantitative estimate of drug-likeness (QED) is 0.822. The summed E-state index contributed by atoms with van der Waals surface area (Å²) in [5.41, 5.74) is 0.763. The van der Waals surface area contributed by atoms with Crippen molar-refractivity contribution in [2.45, 2.75) is 46.6 Å². The predicted octanol–water partition coefficient (Wildman–Crippen LogP) is 4.82. The number of rotatable bonds is 4. The van der Waals surface area contributed by atoms with Crippen LogP contribution in [0.4, 0.5) is 4.79 Å². The van der Waals surface area contributed by atoms with Gasteiger partial charge in [-0.2, -0.15) is 0 Å². The van der Waals surface area contributed by atoms with E-state index < -0.39 is 0 Å². The first-order valence-electron chi connectivity index (χ1n) is 7.09. The summed E-state index contributed by atoms with van der Waals surface area (Å²) in [4.78, 5) is 11.9. The van der Waals surface area contributed by atoms with Crippen molar-refractivity contribution < 1.29 is 4.79 Å². The first-order chi connectivity index (χ1) is 9.59. The van der Waals surface area contributed by atoms with Crippen LogP contribution in [-0.2, 0) is 0 Å². The van der Waals surface area contributed by atoms with E-state index >= 15 is 0 Å². The van der Waals surface area contributed by atoms with Crippen molar-refractivity contribution in [2.75, 3.05) is 0 Å². The number of hydrogen-bond acceptors (Lipinski definition) is 1. The Kier molecular flexibility index (Phi) is 5.85. The zero-order valence-electron chi connectivity index (χ0n) is 13.5. The second-order valence-corrected chi connectivity index (χ2v) is 7.48. The molecule has 0 aliphatic carbocycles. The minimum Gasteiger partial charge on any atom is -0.333 e. The maximum Gasteiger partial charge on any atom is 0.319 e. The van der Waals surface area contributed by atoms with Crippen LogP contribution in [0.3, 0.4) is 0 Å². The molecular formula is C17H25ClN2O. The smallest absolute Gasteiger partial charge is 0.319 e. The first-order valence-corrected chi connectivity index (χ1v) is 7.47. The van der Waals surface area contributed by atoms with E-state index in [2.05, 4.69) is 31.4 Å². The van der Waals surface area contributed by atoms with Crippen LogP contribution in [0.1, 0.15) is 46.6 Å². The predicted molar refractivity (Wildman–Crippen MR) is 90.3 cm³/mol. The molecule has 0 bridgehead atoms. The number of urea groups is 1. The number of benzene rings is 1. The van der Waals surface area contributed by atoms with Crippen molar-refractivity contribution in [1.29, 1.82) is 0 Å². The van der Waals surface area contributed by atoms with Crippen LogP contribution >= 0.6 is 11.6 Å². The summed E-state index contributed by atoms with van der Waals surface area (Å²) >= 11 is 6.04. The fourth-order valence-electron chi connectivity index (χ4n) is 2.53. The molecule has 4 heteroatoms. The second-order valence-electron chi connectivity index (χ2n) is 7.07. The zero-order chi connectivity index (χ0) is 16.1. The second kappa shape index (κ2) is 6.99. The summed E-state index contributed by atoms with van der Waals surface area (Å²) in [7, 11) is 0. The molecule has 0 spiro atoms. The van der Waals surface area contributed by atoms with Gasteiger partial charge in [0, 0.05) is 16.8 Å². The van der Waals surface area contributed by atoms with E-state index in [1.807, 2.05) is 38.1 Å². The molecule has 0 saturated heterocycles. The van der Waals surface area contributed by atoms with Gasteiger partial charge in [-0.15, -0.1) is 0 Å². The topological polar surface area (TPSA) is 41.1 Å². The summed E-state index contributed by atoms with van der Waals surface area (Å²) in [6.45, 7) is 10.5. The molecule has 2 N–H and O–H groups in total. The zero-order valence-corrected chi connectivity index (χ0v) is 14.2. The third-order valence-electron chi connectivity index (χ3n) is 2.81. The van der Waals surface area contributed by atoms with Gasteiger partial charge >= 0.3 is 6.03 Å². The lowest BCUT2D eigenvalue weighted by Crippen LogP contribution is -2.48. The van der Waals surface area contributed by atoms with Crippen LogP contribution in [0.5, 0.6) is 0 Å². The highest BCUT2D eigenvalue weighted by molar-refractivity contribution is 6.32. The van der Waals surface area contributed by atoms with Crippen molar-refractivity contribution in [3.8, 4) is 0 Å². The van der Waals surface area contributed by atoms with Crippen LogP contribution in [0.15, 0.2) is 30.5 Å². The Labute approximate surface area is 132 Å². The Hall–Kier alpha value is -1.48. The summed E-state index contributed by atoms with van der Waals surface area (Å²) in [6, 6.07) is 7.26. The molecule has 1 aromatic rings. The molecule has 2 amide bonds. The summed E-state index contributed by atoms with van der Waals surface area (Å²) in [6.07, 6.45) is 4.27. The molecule has 3 nitrogen and oxygen atoms in total. The van der Waals surface area contributed by atoms with Crippen LogP contribution in [0, 0.1) is 5.41 Å². The highest BCUT2D eigenvalue weighted by atomic mass is 35.5. The van der Waals surface area contributed by atoms with Gasteiger partial charge in [0.25, 0.3) is 0 Å². The van der Waals surface area contributed by atoms with Crippen LogP contribution in [0.2, 0.25) is 5.02 Å². The fraction of sp³-hybridized carbons (Fsp3) is 0.471. The average Bonchev–Trinajstić information content (AvgIpc) is 2.27. The highest BCUT2D eigenvalue weighted by Crippen LogP contribution is 2.26. The molecule has 1 rings (SSSR count). The van der Waals surface area contributed by atoms with Crippen molar-refractivity contribution >= 4 is 23.7 Å². The summed E-state index contributed by atoms with van der Waals surface area (Å²) in [5.74, 6) is 0. The minimum atomic E-state index is -0.263. The molecule has 0 radical (unpaired) electrons. The van der Waals surface area contributed by atoms with Gasteiger partial charge < -0.3 is 10.6 Å². The van der Waals surface area contributed by atoms with Crippen molar-refractivity contribution in [3.05, 3.63) is 41.1 Å². The number of hydrogen-bond donors (Lipinski definition) is 2. The third-order valence-corrected chi connectivity index (χ3v) is 3.15. The van der Waals surface area contributed by atoms with Crippen molar-refractivity contribution in [3.63, 3.8) is 0 Å². The molecular weight excluding hydrogens is 284 g/mol. The van der Waals surface area contributed by atoms with Gasteiger partial charge in [-0.05, 0) is 43.4 Å². The third kappa shape index (κ3) is 7.19.